The molecule has 0 aromatic heterocycles. The van der Waals surface area contributed by atoms with Crippen molar-refractivity contribution < 1.29 is 4.79 Å². The van der Waals surface area contributed by atoms with Crippen LogP contribution < -0.4 is 0 Å². The van der Waals surface area contributed by atoms with Crippen molar-refractivity contribution in [1.29, 1.82) is 0 Å². The molecule has 0 aliphatic carbocycles. The molecule has 0 N–H and O–H groups in total. The van der Waals surface area contributed by atoms with Crippen LogP contribution in [0, 0.1) is 5.92 Å². The smallest absolute Gasteiger partial charge is 0.152 e. The molecular weight excluding hydrogens is 138 g/mol. The second-order valence-electron chi connectivity index (χ2n) is 2.80. The molecule has 0 aliphatic heterocycles. The van der Waals surface area contributed by atoms with Crippen LogP contribution in [-0.2, 0) is 4.79 Å². The van der Waals surface area contributed by atoms with Crippen LogP contribution in [0.3, 0.4) is 0 Å². The van der Waals surface area contributed by atoms with Gasteiger partial charge in [0.2, 0.25) is 0 Å². The van der Waals surface area contributed by atoms with Crippen molar-refractivity contribution in [3.63, 3.8) is 0 Å². The fourth-order valence-corrected chi connectivity index (χ4v) is 0.737. The molecule has 0 atom stereocenters. The maximum Gasteiger partial charge on any atom is 0.152 e. The van der Waals surface area contributed by atoms with Gasteiger partial charge in [-0.05, 0) is 24.5 Å². The van der Waals surface area contributed by atoms with E-state index in [0.717, 1.165) is 5.57 Å². The Morgan fingerprint density at radius 1 is 1.45 bits per heavy atom. The minimum atomic E-state index is 0.0774. The van der Waals surface area contributed by atoms with E-state index in [4.69, 9.17) is 0 Å². The van der Waals surface area contributed by atoms with Gasteiger partial charge >= 0.3 is 0 Å². The van der Waals surface area contributed by atoms with Gasteiger partial charge in [0.25, 0.3) is 0 Å². The highest BCUT2D eigenvalue weighted by atomic mass is 16.1. The van der Waals surface area contributed by atoms with E-state index in [1.807, 2.05) is 13.8 Å². The molecule has 0 unspecified atom stereocenters. The predicted molar refractivity (Wildman–Crippen MR) is 48.0 cm³/mol. The lowest BCUT2D eigenvalue weighted by Crippen LogP contribution is -1.98. The lowest BCUT2D eigenvalue weighted by atomic mass is 10.0. The maximum absolute atomic E-state index is 10.7. The number of rotatable bonds is 3. The Kier molecular flexibility index (Phi) is 4.42. The molecule has 0 saturated heterocycles. The summed E-state index contributed by atoms with van der Waals surface area (Å²) < 4.78 is 0. The SMILES string of the molecule is CN=C/C(=C\C(C)=O)C(C)C. The van der Waals surface area contributed by atoms with Crippen molar-refractivity contribution in [2.24, 2.45) is 10.9 Å². The summed E-state index contributed by atoms with van der Waals surface area (Å²) in [6.45, 7) is 5.62. The van der Waals surface area contributed by atoms with Crippen LogP contribution >= 0.6 is 0 Å². The van der Waals surface area contributed by atoms with Crippen molar-refractivity contribution in [3.05, 3.63) is 11.6 Å². The molecule has 0 spiro atoms. The Morgan fingerprint density at radius 3 is 2.27 bits per heavy atom. The first-order chi connectivity index (χ1) is 5.07. The first kappa shape index (κ1) is 10.1. The molecule has 11 heavy (non-hydrogen) atoms. The van der Waals surface area contributed by atoms with Gasteiger partial charge in [0.1, 0.15) is 0 Å². The van der Waals surface area contributed by atoms with Crippen molar-refractivity contribution in [3.8, 4) is 0 Å². The Bertz CT molecular complexity index is 190. The van der Waals surface area contributed by atoms with Gasteiger partial charge in [0.15, 0.2) is 5.78 Å². The van der Waals surface area contributed by atoms with Gasteiger partial charge in [-0.15, -0.1) is 0 Å². The first-order valence-electron chi connectivity index (χ1n) is 3.72. The number of ketones is 1. The van der Waals surface area contributed by atoms with E-state index in [9.17, 15) is 4.79 Å². The lowest BCUT2D eigenvalue weighted by Gasteiger charge is -2.03. The van der Waals surface area contributed by atoms with E-state index < -0.39 is 0 Å². The number of hydrogen-bond donors (Lipinski definition) is 0. The normalized spacial score (nSPS) is 13.0. The summed E-state index contributed by atoms with van der Waals surface area (Å²) in [5.41, 5.74) is 0.986. The molecule has 0 aromatic rings. The van der Waals surface area contributed by atoms with Gasteiger partial charge in [0.05, 0.1) is 0 Å². The summed E-state index contributed by atoms with van der Waals surface area (Å²) in [5.74, 6) is 0.441. The van der Waals surface area contributed by atoms with E-state index in [0.29, 0.717) is 5.92 Å². The summed E-state index contributed by atoms with van der Waals surface area (Å²) >= 11 is 0. The van der Waals surface area contributed by atoms with Gasteiger partial charge in [0, 0.05) is 13.3 Å². The number of allylic oxidation sites excluding steroid dienone is 2. The molecule has 0 amide bonds. The van der Waals surface area contributed by atoms with Gasteiger partial charge in [-0.25, -0.2) is 0 Å². The Labute approximate surface area is 68.0 Å². The van der Waals surface area contributed by atoms with Gasteiger partial charge < -0.3 is 0 Å². The molecule has 0 radical (unpaired) electrons. The van der Waals surface area contributed by atoms with E-state index >= 15 is 0 Å². The quantitative estimate of drug-likeness (QED) is 0.449. The van der Waals surface area contributed by atoms with Crippen LogP contribution in [0.5, 0.6) is 0 Å². The van der Waals surface area contributed by atoms with Gasteiger partial charge in [-0.1, -0.05) is 13.8 Å². The fraction of sp³-hybridized carbons (Fsp3) is 0.556. The average Bonchev–Trinajstić information content (AvgIpc) is 1.86. The largest absolute Gasteiger partial charge is 0.296 e. The zero-order chi connectivity index (χ0) is 8.85. The molecule has 0 heterocycles. The van der Waals surface area contributed by atoms with Crippen LogP contribution in [0.4, 0.5) is 0 Å². The highest BCUT2D eigenvalue weighted by Crippen LogP contribution is 2.06. The van der Waals surface area contributed by atoms with Crippen molar-refractivity contribution in [2.75, 3.05) is 7.05 Å². The highest BCUT2D eigenvalue weighted by Gasteiger charge is 1.99. The van der Waals surface area contributed by atoms with E-state index in [2.05, 4.69) is 4.99 Å². The summed E-state index contributed by atoms with van der Waals surface area (Å²) in [7, 11) is 1.70. The lowest BCUT2D eigenvalue weighted by molar-refractivity contribution is -0.112. The standard InChI is InChI=1S/C9H15NO/c1-7(2)9(6-10-4)5-8(3)11/h5-7H,1-4H3/b9-5+,10-6?. The van der Waals surface area contributed by atoms with Crippen molar-refractivity contribution >= 4 is 12.0 Å². The summed E-state index contributed by atoms with van der Waals surface area (Å²) in [6, 6.07) is 0. The number of carbonyl (C=O) groups is 1. The first-order valence-corrected chi connectivity index (χ1v) is 3.72. The minimum absolute atomic E-state index is 0.0774. The molecule has 0 aromatic carbocycles. The summed E-state index contributed by atoms with van der Waals surface area (Å²) in [4.78, 5) is 14.6. The second kappa shape index (κ2) is 4.83. The zero-order valence-electron chi connectivity index (χ0n) is 7.59. The van der Waals surface area contributed by atoms with E-state index in [-0.39, 0.29) is 5.78 Å². The molecule has 0 rings (SSSR count). The number of hydrogen-bond acceptors (Lipinski definition) is 2. The third-order valence-electron chi connectivity index (χ3n) is 1.31. The monoisotopic (exact) mass is 153 g/mol. The number of nitrogens with zero attached hydrogens (tertiary/aromatic N) is 1. The fourth-order valence-electron chi connectivity index (χ4n) is 0.737. The van der Waals surface area contributed by atoms with Crippen LogP contribution in [0.15, 0.2) is 16.6 Å². The molecule has 0 fully saturated rings. The third kappa shape index (κ3) is 4.48. The predicted octanol–water partition coefficient (Wildman–Crippen LogP) is 1.86. The van der Waals surface area contributed by atoms with Crippen molar-refractivity contribution in [2.45, 2.75) is 20.8 Å². The van der Waals surface area contributed by atoms with Crippen LogP contribution in [0.2, 0.25) is 0 Å². The molecule has 2 heteroatoms. The number of carbonyl (C=O) groups excluding carboxylic acids is 1. The minimum Gasteiger partial charge on any atom is -0.296 e. The maximum atomic E-state index is 10.7. The highest BCUT2D eigenvalue weighted by molar-refractivity contribution is 5.94. The molecule has 2 nitrogen and oxygen atoms in total. The number of aliphatic imine (C=N–C) groups is 1. The topological polar surface area (TPSA) is 29.4 Å². The molecule has 62 valence electrons. The van der Waals surface area contributed by atoms with Crippen LogP contribution in [0.1, 0.15) is 20.8 Å². The van der Waals surface area contributed by atoms with Gasteiger partial charge in [-0.2, -0.15) is 0 Å². The Balaban J connectivity index is 4.46. The molecule has 0 aliphatic rings. The third-order valence-corrected chi connectivity index (χ3v) is 1.31. The molecular formula is C9H15NO. The Hall–Kier alpha value is -0.920. The molecule has 0 bridgehead atoms. The second-order valence-corrected chi connectivity index (χ2v) is 2.80. The Morgan fingerprint density at radius 2 is 2.00 bits per heavy atom. The van der Waals surface area contributed by atoms with Crippen molar-refractivity contribution in [1.82, 2.24) is 0 Å². The zero-order valence-corrected chi connectivity index (χ0v) is 7.59. The van der Waals surface area contributed by atoms with E-state index in [1.165, 1.54) is 0 Å². The van der Waals surface area contributed by atoms with Crippen LogP contribution in [0.25, 0.3) is 0 Å². The summed E-state index contributed by atoms with van der Waals surface area (Å²) in [5, 5.41) is 0. The molecule has 0 saturated carbocycles. The average molecular weight is 153 g/mol. The van der Waals surface area contributed by atoms with E-state index in [1.54, 1.807) is 26.3 Å². The van der Waals surface area contributed by atoms with Crippen LogP contribution in [-0.4, -0.2) is 19.0 Å². The van der Waals surface area contributed by atoms with Gasteiger partial charge in [-0.3, -0.25) is 9.79 Å². The summed E-state index contributed by atoms with van der Waals surface area (Å²) in [6.07, 6.45) is 3.35.